The highest BCUT2D eigenvalue weighted by atomic mass is 28.3. The molecule has 82 valence electrons. The third-order valence-electron chi connectivity index (χ3n) is 3.32. The summed E-state index contributed by atoms with van der Waals surface area (Å²) in [5, 5.41) is 0. The quantitative estimate of drug-likeness (QED) is 0.405. The highest BCUT2D eigenvalue weighted by molar-refractivity contribution is 6.56. The largest absolute Gasteiger partial charge is 0.463 e. The molecule has 0 aromatic heterocycles. The van der Waals surface area contributed by atoms with Gasteiger partial charge in [-0.25, -0.2) is 0 Å². The van der Waals surface area contributed by atoms with Gasteiger partial charge in [0.2, 0.25) is 0 Å². The van der Waals surface area contributed by atoms with Crippen molar-refractivity contribution in [2.45, 2.75) is 57.0 Å². The molecule has 0 bridgehead atoms. The SMILES string of the molecule is C[SiH](C)O[SiH2]CCC1CCC2OC2C1. The molecule has 0 aromatic rings. The molecule has 2 rings (SSSR count). The average molecular weight is 230 g/mol. The van der Waals surface area contributed by atoms with Gasteiger partial charge in [-0.3, -0.25) is 0 Å². The summed E-state index contributed by atoms with van der Waals surface area (Å²) in [5.41, 5.74) is 0. The van der Waals surface area contributed by atoms with Crippen molar-refractivity contribution in [1.82, 2.24) is 0 Å². The van der Waals surface area contributed by atoms with Gasteiger partial charge in [-0.15, -0.1) is 0 Å². The fraction of sp³-hybridized carbons (Fsp3) is 1.00. The Hall–Kier alpha value is 0.354. The van der Waals surface area contributed by atoms with Gasteiger partial charge in [0.1, 0.15) is 9.76 Å². The van der Waals surface area contributed by atoms with Gasteiger partial charge in [0.25, 0.3) is 0 Å². The van der Waals surface area contributed by atoms with Crippen molar-refractivity contribution in [2.24, 2.45) is 5.92 Å². The van der Waals surface area contributed by atoms with E-state index in [4.69, 9.17) is 8.85 Å². The summed E-state index contributed by atoms with van der Waals surface area (Å²) in [6, 6.07) is 1.40. The van der Waals surface area contributed by atoms with Crippen LogP contribution >= 0.6 is 0 Å². The molecule has 1 saturated carbocycles. The summed E-state index contributed by atoms with van der Waals surface area (Å²) in [6.07, 6.45) is 6.84. The number of epoxide rings is 1. The average Bonchev–Trinajstić information content (AvgIpc) is 2.90. The second-order valence-electron chi connectivity index (χ2n) is 4.95. The first kappa shape index (κ1) is 10.9. The van der Waals surface area contributed by atoms with E-state index in [1.54, 1.807) is 0 Å². The van der Waals surface area contributed by atoms with Crippen LogP contribution in [-0.4, -0.2) is 31.0 Å². The Kier molecular flexibility index (Phi) is 3.82. The molecule has 3 atom stereocenters. The van der Waals surface area contributed by atoms with E-state index in [1.807, 2.05) is 0 Å². The lowest BCUT2D eigenvalue weighted by atomic mass is 9.88. The Morgan fingerprint density at radius 2 is 2.21 bits per heavy atom. The maximum atomic E-state index is 5.82. The second-order valence-corrected chi connectivity index (χ2v) is 9.50. The van der Waals surface area contributed by atoms with Crippen LogP contribution in [-0.2, 0) is 8.85 Å². The van der Waals surface area contributed by atoms with Crippen molar-refractivity contribution < 1.29 is 8.85 Å². The molecule has 0 amide bonds. The lowest BCUT2D eigenvalue weighted by molar-refractivity contribution is 0.356. The predicted octanol–water partition coefficient (Wildman–Crippen LogP) is 1.45. The summed E-state index contributed by atoms with van der Waals surface area (Å²) in [6.45, 7) is 4.55. The van der Waals surface area contributed by atoms with E-state index in [0.717, 1.165) is 5.92 Å². The van der Waals surface area contributed by atoms with Gasteiger partial charge in [-0.05, 0) is 44.3 Å². The summed E-state index contributed by atoms with van der Waals surface area (Å²) >= 11 is 0. The lowest BCUT2D eigenvalue weighted by Crippen LogP contribution is -2.16. The maximum absolute atomic E-state index is 5.82. The van der Waals surface area contributed by atoms with Crippen LogP contribution in [0.5, 0.6) is 0 Å². The van der Waals surface area contributed by atoms with E-state index in [0.29, 0.717) is 12.2 Å². The molecule has 0 radical (unpaired) electrons. The highest BCUT2D eigenvalue weighted by Gasteiger charge is 2.43. The maximum Gasteiger partial charge on any atom is 0.156 e. The smallest absolute Gasteiger partial charge is 0.156 e. The first-order chi connectivity index (χ1) is 6.75. The zero-order valence-corrected chi connectivity index (χ0v) is 11.9. The first-order valence-electron chi connectivity index (χ1n) is 6.03. The fourth-order valence-electron chi connectivity index (χ4n) is 2.44. The Labute approximate surface area is 91.0 Å². The van der Waals surface area contributed by atoms with Crippen LogP contribution in [0.3, 0.4) is 0 Å². The first-order valence-corrected chi connectivity index (χ1v) is 10.4. The van der Waals surface area contributed by atoms with Gasteiger partial charge in [0, 0.05) is 0 Å². The Morgan fingerprint density at radius 3 is 2.93 bits per heavy atom. The van der Waals surface area contributed by atoms with Crippen molar-refractivity contribution in [2.75, 3.05) is 0 Å². The number of fused-ring (bicyclic) bond motifs is 1. The minimum Gasteiger partial charge on any atom is -0.463 e. The Bertz CT molecular complexity index is 187. The summed E-state index contributed by atoms with van der Waals surface area (Å²) in [5.74, 6) is 0.962. The van der Waals surface area contributed by atoms with Gasteiger partial charge < -0.3 is 8.85 Å². The van der Waals surface area contributed by atoms with Crippen LogP contribution in [0.15, 0.2) is 0 Å². The molecule has 0 spiro atoms. The molecular formula is C10H22O2Si2. The minimum atomic E-state index is -0.712. The van der Waals surface area contributed by atoms with Gasteiger partial charge >= 0.3 is 0 Å². The highest BCUT2D eigenvalue weighted by Crippen LogP contribution is 2.40. The molecular weight excluding hydrogens is 208 g/mol. The van der Waals surface area contributed by atoms with Crippen LogP contribution in [0.25, 0.3) is 0 Å². The molecule has 4 heteroatoms. The summed E-state index contributed by atoms with van der Waals surface area (Å²) < 4.78 is 11.4. The minimum absolute atomic E-state index is 0.164. The fourth-order valence-corrected chi connectivity index (χ4v) is 5.74. The standard InChI is InChI=1S/C10H22O2Si2/c1-14(2)12-13-6-5-8-3-4-9-10(7-8)11-9/h8-10,14H,3-7,13H2,1-2H3. The summed E-state index contributed by atoms with van der Waals surface area (Å²) in [4.78, 5) is 0. The molecule has 2 aliphatic rings. The predicted molar refractivity (Wildman–Crippen MR) is 63.9 cm³/mol. The van der Waals surface area contributed by atoms with Gasteiger partial charge in [0.15, 0.2) is 9.04 Å². The van der Waals surface area contributed by atoms with Crippen LogP contribution in [0.2, 0.25) is 19.1 Å². The normalized spacial score (nSPS) is 36.6. The van der Waals surface area contributed by atoms with E-state index in [2.05, 4.69) is 13.1 Å². The number of rotatable bonds is 5. The van der Waals surface area contributed by atoms with Crippen molar-refractivity contribution in [3.63, 3.8) is 0 Å². The third kappa shape index (κ3) is 3.19. The van der Waals surface area contributed by atoms with Crippen LogP contribution in [0.1, 0.15) is 25.7 Å². The van der Waals surface area contributed by atoms with E-state index in [9.17, 15) is 0 Å². The van der Waals surface area contributed by atoms with Crippen molar-refractivity contribution >= 4 is 18.8 Å². The summed E-state index contributed by atoms with van der Waals surface area (Å²) in [7, 11) is -0.875. The van der Waals surface area contributed by atoms with Gasteiger partial charge in [-0.1, -0.05) is 6.42 Å². The van der Waals surface area contributed by atoms with Crippen LogP contribution in [0, 0.1) is 5.92 Å². The zero-order valence-electron chi connectivity index (χ0n) is 9.37. The zero-order chi connectivity index (χ0) is 9.97. The van der Waals surface area contributed by atoms with E-state index in [-0.39, 0.29) is 9.76 Å². The molecule has 1 heterocycles. The lowest BCUT2D eigenvalue weighted by Gasteiger charge is -2.18. The third-order valence-corrected chi connectivity index (χ3v) is 7.63. The molecule has 1 aliphatic carbocycles. The number of hydrogen-bond acceptors (Lipinski definition) is 2. The number of ether oxygens (including phenoxy) is 1. The van der Waals surface area contributed by atoms with Crippen molar-refractivity contribution in [1.29, 1.82) is 0 Å². The van der Waals surface area contributed by atoms with E-state index in [1.165, 1.54) is 31.7 Å². The van der Waals surface area contributed by atoms with Crippen molar-refractivity contribution in [3.8, 4) is 0 Å². The molecule has 14 heavy (non-hydrogen) atoms. The van der Waals surface area contributed by atoms with Gasteiger partial charge in [-0.2, -0.15) is 0 Å². The van der Waals surface area contributed by atoms with Crippen LogP contribution in [0.4, 0.5) is 0 Å². The molecule has 0 aromatic carbocycles. The van der Waals surface area contributed by atoms with E-state index >= 15 is 0 Å². The van der Waals surface area contributed by atoms with Crippen molar-refractivity contribution in [3.05, 3.63) is 0 Å². The molecule has 2 fully saturated rings. The topological polar surface area (TPSA) is 21.8 Å². The molecule has 1 saturated heterocycles. The molecule has 2 nitrogen and oxygen atoms in total. The monoisotopic (exact) mass is 230 g/mol. The van der Waals surface area contributed by atoms with E-state index < -0.39 is 9.04 Å². The molecule has 3 unspecified atom stereocenters. The second kappa shape index (κ2) is 4.92. The molecule has 1 aliphatic heterocycles. The number of hydrogen-bond donors (Lipinski definition) is 0. The van der Waals surface area contributed by atoms with Crippen LogP contribution < -0.4 is 0 Å². The Balaban J connectivity index is 1.52. The van der Waals surface area contributed by atoms with Gasteiger partial charge in [0.05, 0.1) is 12.2 Å². The molecule has 0 N–H and O–H groups in total. The Morgan fingerprint density at radius 1 is 1.36 bits per heavy atom.